The van der Waals surface area contributed by atoms with Crippen molar-refractivity contribution in [1.29, 1.82) is 0 Å². The summed E-state index contributed by atoms with van der Waals surface area (Å²) in [7, 11) is 0. The minimum absolute atomic E-state index is 0.0185. The van der Waals surface area contributed by atoms with Gasteiger partial charge in [-0.05, 0) is 41.5 Å². The van der Waals surface area contributed by atoms with Crippen LogP contribution < -0.4 is 4.90 Å². The monoisotopic (exact) mass is 377 g/mol. The number of anilines is 1. The van der Waals surface area contributed by atoms with Crippen molar-refractivity contribution in [3.8, 4) is 0 Å². The molecule has 1 heterocycles. The summed E-state index contributed by atoms with van der Waals surface area (Å²) < 4.78 is 0. The van der Waals surface area contributed by atoms with Crippen LogP contribution >= 0.6 is 23.4 Å². The third-order valence-corrected chi connectivity index (χ3v) is 5.69. The number of benzene rings is 3. The van der Waals surface area contributed by atoms with Crippen LogP contribution in [0.1, 0.15) is 16.5 Å². The number of thioether (sulfide) groups is 1. The van der Waals surface area contributed by atoms with Gasteiger partial charge in [0, 0.05) is 10.7 Å². The SMILES string of the molecule is O=C1/C(=C/c2ccc(Cl)cc2)SC(c2ccccc2)N1c1ccccc1. The first-order chi connectivity index (χ1) is 12.7. The molecule has 1 unspecified atom stereocenters. The highest BCUT2D eigenvalue weighted by Gasteiger charge is 2.38. The zero-order chi connectivity index (χ0) is 17.9. The predicted molar refractivity (Wildman–Crippen MR) is 110 cm³/mol. The van der Waals surface area contributed by atoms with Gasteiger partial charge >= 0.3 is 0 Å². The van der Waals surface area contributed by atoms with E-state index in [-0.39, 0.29) is 11.3 Å². The molecule has 4 heteroatoms. The van der Waals surface area contributed by atoms with Gasteiger partial charge in [0.2, 0.25) is 0 Å². The summed E-state index contributed by atoms with van der Waals surface area (Å²) >= 11 is 7.54. The van der Waals surface area contributed by atoms with Gasteiger partial charge in [-0.15, -0.1) is 0 Å². The van der Waals surface area contributed by atoms with Crippen molar-refractivity contribution in [2.24, 2.45) is 0 Å². The third kappa shape index (κ3) is 3.41. The highest BCUT2D eigenvalue weighted by Crippen LogP contribution is 2.48. The van der Waals surface area contributed by atoms with Crippen molar-refractivity contribution in [1.82, 2.24) is 0 Å². The number of rotatable bonds is 3. The van der Waals surface area contributed by atoms with E-state index < -0.39 is 0 Å². The second-order valence-electron chi connectivity index (χ2n) is 5.95. The van der Waals surface area contributed by atoms with Gasteiger partial charge in [-0.1, -0.05) is 84.0 Å². The molecule has 0 radical (unpaired) electrons. The number of nitrogens with zero attached hydrogens (tertiary/aromatic N) is 1. The minimum atomic E-state index is -0.0790. The lowest BCUT2D eigenvalue weighted by molar-refractivity contribution is -0.114. The molecular weight excluding hydrogens is 362 g/mol. The molecule has 1 amide bonds. The third-order valence-electron chi connectivity index (χ3n) is 4.19. The summed E-state index contributed by atoms with van der Waals surface area (Å²) in [6.07, 6.45) is 1.93. The van der Waals surface area contributed by atoms with E-state index in [4.69, 9.17) is 11.6 Å². The van der Waals surface area contributed by atoms with Crippen molar-refractivity contribution < 1.29 is 4.79 Å². The topological polar surface area (TPSA) is 20.3 Å². The molecule has 1 aliphatic rings. The van der Waals surface area contributed by atoms with E-state index in [9.17, 15) is 4.79 Å². The number of carbonyl (C=O) groups is 1. The van der Waals surface area contributed by atoms with Crippen LogP contribution in [-0.4, -0.2) is 5.91 Å². The molecule has 1 aliphatic heterocycles. The Bertz CT molecular complexity index is 939. The Morgan fingerprint density at radius 2 is 1.46 bits per heavy atom. The molecule has 0 spiro atoms. The fourth-order valence-electron chi connectivity index (χ4n) is 2.93. The summed E-state index contributed by atoms with van der Waals surface area (Å²) in [5.41, 5.74) is 2.97. The molecular formula is C22H16ClNOS. The van der Waals surface area contributed by atoms with Gasteiger partial charge < -0.3 is 0 Å². The summed E-state index contributed by atoms with van der Waals surface area (Å²) in [4.78, 5) is 15.8. The van der Waals surface area contributed by atoms with Crippen LogP contribution in [0.4, 0.5) is 5.69 Å². The van der Waals surface area contributed by atoms with E-state index in [1.807, 2.05) is 83.8 Å². The maximum atomic E-state index is 13.2. The number of para-hydroxylation sites is 1. The molecule has 1 saturated heterocycles. The van der Waals surface area contributed by atoms with Crippen LogP contribution in [0.15, 0.2) is 89.8 Å². The molecule has 2 nitrogen and oxygen atoms in total. The summed E-state index contributed by atoms with van der Waals surface area (Å²) in [6, 6.07) is 27.4. The normalized spacial score (nSPS) is 18.5. The molecule has 0 aromatic heterocycles. The second-order valence-corrected chi connectivity index (χ2v) is 7.51. The number of amides is 1. The van der Waals surface area contributed by atoms with Crippen LogP contribution in [0.5, 0.6) is 0 Å². The Morgan fingerprint density at radius 3 is 2.12 bits per heavy atom. The Kier molecular flexibility index (Phi) is 4.83. The van der Waals surface area contributed by atoms with E-state index in [2.05, 4.69) is 12.1 Å². The fraction of sp³-hybridized carbons (Fsp3) is 0.0455. The number of hydrogen-bond acceptors (Lipinski definition) is 2. The first-order valence-corrected chi connectivity index (χ1v) is 9.55. The van der Waals surface area contributed by atoms with Crippen LogP contribution in [0.25, 0.3) is 6.08 Å². The summed E-state index contributed by atoms with van der Waals surface area (Å²) in [6.45, 7) is 0. The minimum Gasteiger partial charge on any atom is -0.291 e. The highest BCUT2D eigenvalue weighted by molar-refractivity contribution is 8.05. The largest absolute Gasteiger partial charge is 0.291 e. The van der Waals surface area contributed by atoms with Crippen molar-refractivity contribution in [3.05, 3.63) is 106 Å². The molecule has 3 aromatic rings. The Hall–Kier alpha value is -2.49. The van der Waals surface area contributed by atoms with E-state index in [1.165, 1.54) is 0 Å². The lowest BCUT2D eigenvalue weighted by Gasteiger charge is -2.23. The zero-order valence-corrected chi connectivity index (χ0v) is 15.5. The molecule has 1 fully saturated rings. The lowest BCUT2D eigenvalue weighted by Crippen LogP contribution is -2.27. The number of hydrogen-bond donors (Lipinski definition) is 0. The van der Waals surface area contributed by atoms with Gasteiger partial charge in [0.1, 0.15) is 5.37 Å². The number of carbonyl (C=O) groups excluding carboxylic acids is 1. The standard InChI is InChI=1S/C22H16ClNOS/c23-18-13-11-16(12-14-18)15-20-21(25)24(19-9-5-2-6-10-19)22(26-20)17-7-3-1-4-8-17/h1-15,22H/b20-15-. The van der Waals surface area contributed by atoms with Crippen LogP contribution in [0.3, 0.4) is 0 Å². The highest BCUT2D eigenvalue weighted by atomic mass is 35.5. The van der Waals surface area contributed by atoms with Gasteiger partial charge in [0.15, 0.2) is 0 Å². The first kappa shape index (κ1) is 17.0. The fourth-order valence-corrected chi connectivity index (χ4v) is 4.32. The quantitative estimate of drug-likeness (QED) is 0.509. The molecule has 128 valence electrons. The molecule has 0 saturated carbocycles. The average Bonchev–Trinajstić information content (AvgIpc) is 3.01. The van der Waals surface area contributed by atoms with Crippen molar-refractivity contribution in [3.63, 3.8) is 0 Å². The molecule has 26 heavy (non-hydrogen) atoms. The summed E-state index contributed by atoms with van der Waals surface area (Å²) in [5.74, 6) is 0.0185. The predicted octanol–water partition coefficient (Wildman–Crippen LogP) is 6.16. The van der Waals surface area contributed by atoms with E-state index in [1.54, 1.807) is 11.8 Å². The van der Waals surface area contributed by atoms with Gasteiger partial charge in [0.05, 0.1) is 4.91 Å². The molecule has 0 bridgehead atoms. The number of halogens is 1. The maximum Gasteiger partial charge on any atom is 0.266 e. The van der Waals surface area contributed by atoms with Crippen LogP contribution in [0, 0.1) is 0 Å². The molecule has 0 N–H and O–H groups in total. The van der Waals surface area contributed by atoms with Gasteiger partial charge in [-0.25, -0.2) is 0 Å². The summed E-state index contributed by atoms with van der Waals surface area (Å²) in [5, 5.41) is 0.607. The van der Waals surface area contributed by atoms with Crippen molar-refractivity contribution >= 4 is 41.0 Å². The molecule has 0 aliphatic carbocycles. The Morgan fingerprint density at radius 1 is 0.846 bits per heavy atom. The maximum absolute atomic E-state index is 13.2. The zero-order valence-electron chi connectivity index (χ0n) is 13.9. The van der Waals surface area contributed by atoms with Gasteiger partial charge in [-0.3, -0.25) is 9.69 Å². The molecule has 3 aromatic carbocycles. The smallest absolute Gasteiger partial charge is 0.266 e. The van der Waals surface area contributed by atoms with Crippen LogP contribution in [-0.2, 0) is 4.79 Å². The van der Waals surface area contributed by atoms with E-state index in [0.29, 0.717) is 5.02 Å². The Balaban J connectivity index is 1.75. The molecule has 4 rings (SSSR count). The first-order valence-electron chi connectivity index (χ1n) is 8.30. The second kappa shape index (κ2) is 7.40. The van der Waals surface area contributed by atoms with Crippen molar-refractivity contribution in [2.75, 3.05) is 4.90 Å². The van der Waals surface area contributed by atoms with Gasteiger partial charge in [-0.2, -0.15) is 0 Å². The van der Waals surface area contributed by atoms with Crippen molar-refractivity contribution in [2.45, 2.75) is 5.37 Å². The lowest BCUT2D eigenvalue weighted by atomic mass is 10.1. The van der Waals surface area contributed by atoms with E-state index in [0.717, 1.165) is 21.7 Å². The molecule has 1 atom stereocenters. The van der Waals surface area contributed by atoms with E-state index >= 15 is 0 Å². The van der Waals surface area contributed by atoms with Crippen LogP contribution in [0.2, 0.25) is 5.02 Å². The van der Waals surface area contributed by atoms with Gasteiger partial charge in [0.25, 0.3) is 5.91 Å². The average molecular weight is 378 g/mol. The Labute approximate surface area is 162 Å².